The van der Waals surface area contributed by atoms with Crippen LogP contribution in [0.15, 0.2) is 18.2 Å². The van der Waals surface area contributed by atoms with E-state index in [0.717, 1.165) is 25.7 Å². The lowest BCUT2D eigenvalue weighted by molar-refractivity contribution is 0.144. The van der Waals surface area contributed by atoms with Gasteiger partial charge in [-0.25, -0.2) is 4.39 Å². The first-order chi connectivity index (χ1) is 7.65. The van der Waals surface area contributed by atoms with Crippen LogP contribution in [0, 0.1) is 12.7 Å². The van der Waals surface area contributed by atoms with E-state index in [1.807, 2.05) is 6.07 Å². The highest BCUT2D eigenvalue weighted by molar-refractivity contribution is 5.28. The molecule has 0 spiro atoms. The molecule has 1 aliphatic carbocycles. The lowest BCUT2D eigenvalue weighted by Crippen LogP contribution is -2.33. The summed E-state index contributed by atoms with van der Waals surface area (Å²) >= 11 is 0. The summed E-state index contributed by atoms with van der Waals surface area (Å²) in [6.45, 7) is 1.75. The highest BCUT2D eigenvalue weighted by Crippen LogP contribution is 2.24. The summed E-state index contributed by atoms with van der Waals surface area (Å²) in [5.74, 6) is 0.403. The third kappa shape index (κ3) is 2.73. The van der Waals surface area contributed by atoms with E-state index < -0.39 is 0 Å². The Kier molecular flexibility index (Phi) is 3.44. The van der Waals surface area contributed by atoms with E-state index in [1.165, 1.54) is 6.07 Å². The SMILES string of the molecule is Cc1ccc(OC2CCCC(N)C2)cc1F. The van der Waals surface area contributed by atoms with Crippen molar-refractivity contribution < 1.29 is 9.13 Å². The second-order valence-corrected chi connectivity index (χ2v) is 4.58. The molecule has 2 rings (SSSR count). The zero-order valence-electron chi connectivity index (χ0n) is 9.58. The fourth-order valence-electron chi connectivity index (χ4n) is 2.13. The number of halogens is 1. The molecule has 1 saturated carbocycles. The number of hydrogen-bond donors (Lipinski definition) is 1. The number of nitrogens with two attached hydrogens (primary N) is 1. The smallest absolute Gasteiger partial charge is 0.129 e. The van der Waals surface area contributed by atoms with Gasteiger partial charge in [0.25, 0.3) is 0 Å². The molecule has 0 bridgehead atoms. The Morgan fingerprint density at radius 1 is 1.38 bits per heavy atom. The Balaban J connectivity index is 2.00. The van der Waals surface area contributed by atoms with Gasteiger partial charge in [0, 0.05) is 12.1 Å². The Morgan fingerprint density at radius 2 is 2.19 bits per heavy atom. The molecule has 88 valence electrons. The molecule has 1 aromatic carbocycles. The van der Waals surface area contributed by atoms with Gasteiger partial charge in [0.05, 0.1) is 0 Å². The third-order valence-electron chi connectivity index (χ3n) is 3.11. The second-order valence-electron chi connectivity index (χ2n) is 4.58. The summed E-state index contributed by atoms with van der Waals surface area (Å²) in [5, 5.41) is 0. The van der Waals surface area contributed by atoms with Crippen LogP contribution in [0.25, 0.3) is 0 Å². The zero-order chi connectivity index (χ0) is 11.5. The van der Waals surface area contributed by atoms with Crippen LogP contribution in [-0.4, -0.2) is 12.1 Å². The maximum Gasteiger partial charge on any atom is 0.129 e. The van der Waals surface area contributed by atoms with Crippen LogP contribution in [0.1, 0.15) is 31.2 Å². The van der Waals surface area contributed by atoms with Gasteiger partial charge >= 0.3 is 0 Å². The Bertz CT molecular complexity index is 367. The molecule has 2 atom stereocenters. The van der Waals surface area contributed by atoms with Crippen molar-refractivity contribution in [3.8, 4) is 5.75 Å². The highest BCUT2D eigenvalue weighted by Gasteiger charge is 2.20. The number of benzene rings is 1. The number of rotatable bonds is 2. The second kappa shape index (κ2) is 4.83. The van der Waals surface area contributed by atoms with Crippen molar-refractivity contribution in [3.63, 3.8) is 0 Å². The molecule has 2 nitrogen and oxygen atoms in total. The molecule has 0 aliphatic heterocycles. The predicted molar refractivity (Wildman–Crippen MR) is 62.0 cm³/mol. The zero-order valence-corrected chi connectivity index (χ0v) is 9.58. The molecule has 2 unspecified atom stereocenters. The van der Waals surface area contributed by atoms with Gasteiger partial charge in [0.15, 0.2) is 0 Å². The van der Waals surface area contributed by atoms with Crippen molar-refractivity contribution in [1.29, 1.82) is 0 Å². The molecular formula is C13H18FNO. The molecule has 16 heavy (non-hydrogen) atoms. The summed E-state index contributed by atoms with van der Waals surface area (Å²) in [6, 6.07) is 5.25. The average Bonchev–Trinajstić information content (AvgIpc) is 2.24. The first-order valence-corrected chi connectivity index (χ1v) is 5.83. The molecule has 1 aromatic rings. The summed E-state index contributed by atoms with van der Waals surface area (Å²) in [6.07, 6.45) is 4.20. The van der Waals surface area contributed by atoms with Crippen molar-refractivity contribution in [2.45, 2.75) is 44.8 Å². The quantitative estimate of drug-likeness (QED) is 0.836. The largest absolute Gasteiger partial charge is 0.490 e. The van der Waals surface area contributed by atoms with Gasteiger partial charge in [0.1, 0.15) is 17.7 Å². The fourth-order valence-corrected chi connectivity index (χ4v) is 2.13. The first kappa shape index (κ1) is 11.4. The third-order valence-corrected chi connectivity index (χ3v) is 3.11. The molecule has 0 radical (unpaired) electrons. The monoisotopic (exact) mass is 223 g/mol. The van der Waals surface area contributed by atoms with Crippen LogP contribution in [-0.2, 0) is 0 Å². The van der Waals surface area contributed by atoms with E-state index in [2.05, 4.69) is 0 Å². The van der Waals surface area contributed by atoms with Gasteiger partial charge in [-0.05, 0) is 44.2 Å². The summed E-state index contributed by atoms with van der Waals surface area (Å²) < 4.78 is 19.0. The maximum atomic E-state index is 13.3. The van der Waals surface area contributed by atoms with Crippen LogP contribution >= 0.6 is 0 Å². The summed E-state index contributed by atoms with van der Waals surface area (Å²) in [4.78, 5) is 0. The van der Waals surface area contributed by atoms with Crippen LogP contribution in [0.2, 0.25) is 0 Å². The van der Waals surface area contributed by atoms with Crippen LogP contribution in [0.3, 0.4) is 0 Å². The normalized spacial score (nSPS) is 25.4. The highest BCUT2D eigenvalue weighted by atomic mass is 19.1. The molecule has 0 amide bonds. The van der Waals surface area contributed by atoms with Crippen molar-refractivity contribution >= 4 is 0 Å². The van der Waals surface area contributed by atoms with Crippen molar-refractivity contribution in [3.05, 3.63) is 29.6 Å². The Hall–Kier alpha value is -1.09. The number of aryl methyl sites for hydroxylation is 1. The minimum atomic E-state index is -0.211. The Labute approximate surface area is 95.6 Å². The molecule has 0 saturated heterocycles. The standard InChI is InChI=1S/C13H18FNO/c1-9-5-6-12(8-13(9)14)16-11-4-2-3-10(15)7-11/h5-6,8,10-11H,2-4,7,15H2,1H3. The molecule has 0 heterocycles. The van der Waals surface area contributed by atoms with Gasteiger partial charge in [0.2, 0.25) is 0 Å². The summed E-state index contributed by atoms with van der Waals surface area (Å²) in [7, 11) is 0. The van der Waals surface area contributed by atoms with Crippen molar-refractivity contribution in [1.82, 2.24) is 0 Å². The van der Waals surface area contributed by atoms with E-state index in [9.17, 15) is 4.39 Å². The summed E-state index contributed by atoms with van der Waals surface area (Å²) in [5.41, 5.74) is 6.52. The van der Waals surface area contributed by atoms with E-state index >= 15 is 0 Å². The predicted octanol–water partition coefficient (Wildman–Crippen LogP) is 2.78. The lowest BCUT2D eigenvalue weighted by atomic mass is 9.93. The van der Waals surface area contributed by atoms with E-state index in [1.54, 1.807) is 13.0 Å². The minimum Gasteiger partial charge on any atom is -0.490 e. The maximum absolute atomic E-state index is 13.3. The van der Waals surface area contributed by atoms with E-state index in [-0.39, 0.29) is 18.0 Å². The van der Waals surface area contributed by atoms with Gasteiger partial charge in [-0.3, -0.25) is 0 Å². The fraction of sp³-hybridized carbons (Fsp3) is 0.538. The number of ether oxygens (including phenoxy) is 1. The van der Waals surface area contributed by atoms with E-state index in [0.29, 0.717) is 11.3 Å². The number of hydrogen-bond acceptors (Lipinski definition) is 2. The molecule has 0 aromatic heterocycles. The molecule has 2 N–H and O–H groups in total. The first-order valence-electron chi connectivity index (χ1n) is 5.83. The molecule has 1 aliphatic rings. The van der Waals surface area contributed by atoms with Crippen LogP contribution in [0.5, 0.6) is 5.75 Å². The minimum absolute atomic E-state index is 0.144. The topological polar surface area (TPSA) is 35.2 Å². The van der Waals surface area contributed by atoms with Gasteiger partial charge in [-0.2, -0.15) is 0 Å². The van der Waals surface area contributed by atoms with Crippen LogP contribution < -0.4 is 10.5 Å². The lowest BCUT2D eigenvalue weighted by Gasteiger charge is -2.27. The van der Waals surface area contributed by atoms with Gasteiger partial charge in [-0.1, -0.05) is 6.07 Å². The average molecular weight is 223 g/mol. The van der Waals surface area contributed by atoms with E-state index in [4.69, 9.17) is 10.5 Å². The Morgan fingerprint density at radius 3 is 2.88 bits per heavy atom. The van der Waals surface area contributed by atoms with Crippen LogP contribution in [0.4, 0.5) is 4.39 Å². The molecule has 1 fully saturated rings. The molecule has 3 heteroatoms. The van der Waals surface area contributed by atoms with Gasteiger partial charge in [-0.15, -0.1) is 0 Å². The van der Waals surface area contributed by atoms with Gasteiger partial charge < -0.3 is 10.5 Å². The van der Waals surface area contributed by atoms with Crippen molar-refractivity contribution in [2.24, 2.45) is 5.73 Å². The van der Waals surface area contributed by atoms with Crippen molar-refractivity contribution in [2.75, 3.05) is 0 Å². The molecular weight excluding hydrogens is 205 g/mol.